The zero-order valence-corrected chi connectivity index (χ0v) is 9.41. The van der Waals surface area contributed by atoms with Gasteiger partial charge in [-0.1, -0.05) is 6.07 Å². The van der Waals surface area contributed by atoms with Gasteiger partial charge in [-0.3, -0.25) is 4.79 Å². The molecule has 1 heterocycles. The van der Waals surface area contributed by atoms with Gasteiger partial charge in [0.1, 0.15) is 11.4 Å². The third kappa shape index (κ3) is 2.81. The number of nitrogens with one attached hydrogen (secondary N) is 1. The lowest BCUT2D eigenvalue weighted by atomic mass is 9.90. The standard InChI is InChI=1S/C12H15FN2O2/c13-9-2-1-3-10(8-9)15-11(16)12(14)4-6-17-7-5-12/h1-3,8H,4-7,14H2,(H,15,16). The normalized spacial score (nSPS) is 18.7. The van der Waals surface area contributed by atoms with Gasteiger partial charge in [-0.05, 0) is 31.0 Å². The zero-order valence-electron chi connectivity index (χ0n) is 9.41. The predicted octanol–water partition coefficient (Wildman–Crippen LogP) is 1.27. The van der Waals surface area contributed by atoms with Gasteiger partial charge < -0.3 is 15.8 Å². The largest absolute Gasteiger partial charge is 0.381 e. The summed E-state index contributed by atoms with van der Waals surface area (Å²) in [5, 5.41) is 2.63. The molecule has 1 amide bonds. The van der Waals surface area contributed by atoms with Gasteiger partial charge in [-0.2, -0.15) is 0 Å². The van der Waals surface area contributed by atoms with Crippen molar-refractivity contribution < 1.29 is 13.9 Å². The molecule has 1 aliphatic rings. The molecule has 0 aromatic heterocycles. The summed E-state index contributed by atoms with van der Waals surface area (Å²) in [6.45, 7) is 0.958. The average Bonchev–Trinajstić information content (AvgIpc) is 2.30. The van der Waals surface area contributed by atoms with Crippen LogP contribution in [0, 0.1) is 5.82 Å². The second-order valence-corrected chi connectivity index (χ2v) is 4.23. The molecule has 0 bridgehead atoms. The molecule has 1 fully saturated rings. The highest BCUT2D eigenvalue weighted by Gasteiger charge is 2.35. The predicted molar refractivity (Wildman–Crippen MR) is 62.0 cm³/mol. The SMILES string of the molecule is NC1(C(=O)Nc2cccc(F)c2)CCOCC1. The van der Waals surface area contributed by atoms with Crippen molar-refractivity contribution in [2.75, 3.05) is 18.5 Å². The number of carbonyl (C=O) groups excluding carboxylic acids is 1. The number of nitrogens with two attached hydrogens (primary N) is 1. The van der Waals surface area contributed by atoms with Gasteiger partial charge in [0.25, 0.3) is 0 Å². The van der Waals surface area contributed by atoms with Crippen molar-refractivity contribution in [3.63, 3.8) is 0 Å². The molecule has 3 N–H and O–H groups in total. The van der Waals surface area contributed by atoms with Crippen LogP contribution in [-0.2, 0) is 9.53 Å². The van der Waals surface area contributed by atoms with E-state index in [2.05, 4.69) is 5.32 Å². The van der Waals surface area contributed by atoms with Crippen LogP contribution in [-0.4, -0.2) is 24.7 Å². The Bertz CT molecular complexity index is 417. The lowest BCUT2D eigenvalue weighted by Crippen LogP contribution is -2.54. The second-order valence-electron chi connectivity index (χ2n) is 4.23. The minimum absolute atomic E-state index is 0.286. The molecular formula is C12H15FN2O2. The molecule has 1 aliphatic heterocycles. The second kappa shape index (κ2) is 4.81. The molecule has 0 saturated carbocycles. The number of rotatable bonds is 2. The molecule has 4 nitrogen and oxygen atoms in total. The molecule has 0 unspecified atom stereocenters. The molecule has 0 spiro atoms. The molecule has 92 valence electrons. The summed E-state index contributed by atoms with van der Waals surface area (Å²) in [4.78, 5) is 12.0. The van der Waals surface area contributed by atoms with Crippen molar-refractivity contribution in [2.24, 2.45) is 5.73 Å². The lowest BCUT2D eigenvalue weighted by Gasteiger charge is -2.31. The fourth-order valence-corrected chi connectivity index (χ4v) is 1.78. The van der Waals surface area contributed by atoms with E-state index in [1.54, 1.807) is 6.07 Å². The van der Waals surface area contributed by atoms with Gasteiger partial charge >= 0.3 is 0 Å². The van der Waals surface area contributed by atoms with Crippen LogP contribution in [0.3, 0.4) is 0 Å². The van der Waals surface area contributed by atoms with Crippen molar-refractivity contribution in [3.05, 3.63) is 30.1 Å². The summed E-state index contributed by atoms with van der Waals surface area (Å²) in [6, 6.07) is 5.75. The van der Waals surface area contributed by atoms with E-state index in [0.717, 1.165) is 0 Å². The fourth-order valence-electron chi connectivity index (χ4n) is 1.78. The van der Waals surface area contributed by atoms with Crippen molar-refractivity contribution in [1.82, 2.24) is 0 Å². The van der Waals surface area contributed by atoms with Crippen LogP contribution in [0.1, 0.15) is 12.8 Å². The summed E-state index contributed by atoms with van der Waals surface area (Å²) in [6.07, 6.45) is 0.961. The van der Waals surface area contributed by atoms with Gasteiger partial charge in [0.05, 0.1) is 0 Å². The zero-order chi connectivity index (χ0) is 12.3. The Morgan fingerprint density at radius 1 is 1.41 bits per heavy atom. The van der Waals surface area contributed by atoms with E-state index in [1.165, 1.54) is 18.2 Å². The van der Waals surface area contributed by atoms with Crippen LogP contribution in [0.5, 0.6) is 0 Å². The Morgan fingerprint density at radius 2 is 2.12 bits per heavy atom. The third-order valence-corrected chi connectivity index (χ3v) is 2.92. The first-order valence-corrected chi connectivity index (χ1v) is 5.54. The van der Waals surface area contributed by atoms with Gasteiger partial charge in [-0.25, -0.2) is 4.39 Å². The number of carbonyl (C=O) groups is 1. The fraction of sp³-hybridized carbons (Fsp3) is 0.417. The Hall–Kier alpha value is -1.46. The monoisotopic (exact) mass is 238 g/mol. The van der Waals surface area contributed by atoms with Crippen molar-refractivity contribution in [3.8, 4) is 0 Å². The summed E-state index contributed by atoms with van der Waals surface area (Å²) < 4.78 is 18.1. The molecule has 2 rings (SSSR count). The van der Waals surface area contributed by atoms with E-state index in [4.69, 9.17) is 10.5 Å². The lowest BCUT2D eigenvalue weighted by molar-refractivity contribution is -0.124. The number of hydrogen-bond donors (Lipinski definition) is 2. The van der Waals surface area contributed by atoms with Gasteiger partial charge in [-0.15, -0.1) is 0 Å². The number of halogens is 1. The van der Waals surface area contributed by atoms with Crippen molar-refractivity contribution >= 4 is 11.6 Å². The van der Waals surface area contributed by atoms with Crippen molar-refractivity contribution in [1.29, 1.82) is 0 Å². The van der Waals surface area contributed by atoms with Crippen LogP contribution in [0.2, 0.25) is 0 Å². The van der Waals surface area contributed by atoms with Gasteiger partial charge in [0.15, 0.2) is 0 Å². The van der Waals surface area contributed by atoms with Crippen LogP contribution in [0.15, 0.2) is 24.3 Å². The number of anilines is 1. The Morgan fingerprint density at radius 3 is 2.76 bits per heavy atom. The topological polar surface area (TPSA) is 64.4 Å². The number of hydrogen-bond acceptors (Lipinski definition) is 3. The first kappa shape index (κ1) is 12.0. The van der Waals surface area contributed by atoms with Gasteiger partial charge in [0.2, 0.25) is 5.91 Å². The molecule has 5 heteroatoms. The molecule has 0 aliphatic carbocycles. The molecular weight excluding hydrogens is 223 g/mol. The quantitative estimate of drug-likeness (QED) is 0.815. The maximum absolute atomic E-state index is 13.0. The Kier molecular flexibility index (Phi) is 3.40. The highest BCUT2D eigenvalue weighted by molar-refractivity contribution is 5.98. The van der Waals surface area contributed by atoms with Crippen molar-refractivity contribution in [2.45, 2.75) is 18.4 Å². The molecule has 1 saturated heterocycles. The van der Waals surface area contributed by atoms with Crippen LogP contribution >= 0.6 is 0 Å². The van der Waals surface area contributed by atoms with E-state index < -0.39 is 5.54 Å². The number of benzene rings is 1. The molecule has 1 aromatic rings. The van der Waals surface area contributed by atoms with E-state index in [-0.39, 0.29) is 11.7 Å². The first-order valence-electron chi connectivity index (χ1n) is 5.54. The molecule has 1 aromatic carbocycles. The highest BCUT2D eigenvalue weighted by atomic mass is 19.1. The maximum atomic E-state index is 13.0. The average molecular weight is 238 g/mol. The summed E-state index contributed by atoms with van der Waals surface area (Å²) >= 11 is 0. The van der Waals surface area contributed by atoms with E-state index in [9.17, 15) is 9.18 Å². The Balaban J connectivity index is 2.05. The van der Waals surface area contributed by atoms with Gasteiger partial charge in [0, 0.05) is 18.9 Å². The first-order chi connectivity index (χ1) is 8.10. The molecule has 0 radical (unpaired) electrons. The Labute approximate surface area is 98.9 Å². The summed E-state index contributed by atoms with van der Waals surface area (Å²) in [7, 11) is 0. The van der Waals surface area contributed by atoms with E-state index in [0.29, 0.717) is 31.7 Å². The molecule has 17 heavy (non-hydrogen) atoms. The molecule has 0 atom stereocenters. The smallest absolute Gasteiger partial charge is 0.244 e. The minimum atomic E-state index is -0.912. The number of ether oxygens (including phenoxy) is 1. The van der Waals surface area contributed by atoms with Crippen LogP contribution in [0.4, 0.5) is 10.1 Å². The van der Waals surface area contributed by atoms with Crippen LogP contribution in [0.25, 0.3) is 0 Å². The van der Waals surface area contributed by atoms with E-state index in [1.807, 2.05) is 0 Å². The third-order valence-electron chi connectivity index (χ3n) is 2.92. The number of amides is 1. The summed E-state index contributed by atoms with van der Waals surface area (Å²) in [5.74, 6) is -0.674. The minimum Gasteiger partial charge on any atom is -0.381 e. The van der Waals surface area contributed by atoms with E-state index >= 15 is 0 Å². The summed E-state index contributed by atoms with van der Waals surface area (Å²) in [5.41, 5.74) is 5.51. The van der Waals surface area contributed by atoms with Crippen LogP contribution < -0.4 is 11.1 Å². The maximum Gasteiger partial charge on any atom is 0.244 e. The highest BCUT2D eigenvalue weighted by Crippen LogP contribution is 2.20.